The van der Waals surface area contributed by atoms with Crippen LogP contribution in [0, 0.1) is 19.3 Å². The maximum Gasteiger partial charge on any atom is 0.311 e. The zero-order valence-corrected chi connectivity index (χ0v) is 23.5. The molecule has 0 spiro atoms. The molecule has 3 aromatic rings. The summed E-state index contributed by atoms with van der Waals surface area (Å²) in [5, 5.41) is 3.48. The Bertz CT molecular complexity index is 1170. The highest BCUT2D eigenvalue weighted by atomic mass is 16.5. The fourth-order valence-corrected chi connectivity index (χ4v) is 3.47. The van der Waals surface area contributed by atoms with E-state index >= 15 is 0 Å². The first-order chi connectivity index (χ1) is 17.3. The molecule has 37 heavy (non-hydrogen) atoms. The molecule has 3 rings (SSSR count). The molecule has 0 saturated carbocycles. The first kappa shape index (κ1) is 28.3. The summed E-state index contributed by atoms with van der Waals surface area (Å²) in [4.78, 5) is 12.8. The second kappa shape index (κ2) is 11.8. The maximum atomic E-state index is 12.8. The van der Waals surface area contributed by atoms with Gasteiger partial charge in [0, 0.05) is 17.6 Å². The fraction of sp³-hybridized carbons (Fsp3) is 0.406. The fourth-order valence-electron chi connectivity index (χ4n) is 3.47. The molecule has 5 nitrogen and oxygen atoms in total. The first-order valence-electron chi connectivity index (χ1n) is 12.8. The maximum absolute atomic E-state index is 12.8. The predicted molar refractivity (Wildman–Crippen MR) is 149 cm³/mol. The van der Waals surface area contributed by atoms with Crippen molar-refractivity contribution in [2.75, 3.05) is 6.54 Å². The molecule has 0 heterocycles. The van der Waals surface area contributed by atoms with Crippen molar-refractivity contribution in [2.45, 2.75) is 73.6 Å². The van der Waals surface area contributed by atoms with Gasteiger partial charge in [-0.1, -0.05) is 41.5 Å². The number of esters is 1. The summed E-state index contributed by atoms with van der Waals surface area (Å²) in [5.41, 5.74) is 3.36. The summed E-state index contributed by atoms with van der Waals surface area (Å²) in [5.74, 6) is 1.98. The monoisotopic (exact) mass is 503 g/mol. The Labute approximate surface area is 222 Å². The molecular formula is C32H41NO4. The van der Waals surface area contributed by atoms with Crippen LogP contribution in [0.5, 0.6) is 17.2 Å². The van der Waals surface area contributed by atoms with E-state index in [0.29, 0.717) is 18.9 Å². The zero-order valence-electron chi connectivity index (χ0n) is 23.5. The minimum absolute atomic E-state index is 0.127. The quantitative estimate of drug-likeness (QED) is 0.303. The largest absolute Gasteiger partial charge is 0.489 e. The smallest absolute Gasteiger partial charge is 0.311 e. The van der Waals surface area contributed by atoms with Gasteiger partial charge in [0.15, 0.2) is 0 Å². The number of rotatable bonds is 9. The molecule has 1 unspecified atom stereocenters. The Morgan fingerprint density at radius 3 is 1.92 bits per heavy atom. The van der Waals surface area contributed by atoms with Gasteiger partial charge in [0.25, 0.3) is 0 Å². The normalized spacial score (nSPS) is 12.6. The summed E-state index contributed by atoms with van der Waals surface area (Å²) in [6.45, 7) is 16.8. The lowest BCUT2D eigenvalue weighted by Gasteiger charge is -2.28. The number of benzene rings is 3. The molecular weight excluding hydrogens is 462 g/mol. The van der Waals surface area contributed by atoms with Crippen LogP contribution in [-0.2, 0) is 16.1 Å². The van der Waals surface area contributed by atoms with Crippen molar-refractivity contribution >= 4 is 5.97 Å². The molecule has 0 amide bonds. The van der Waals surface area contributed by atoms with Gasteiger partial charge in [-0.15, -0.1) is 0 Å². The highest BCUT2D eigenvalue weighted by molar-refractivity contribution is 5.75. The SMILES string of the molecule is Cc1ccc(OCc2cc(C(CNC(C)(C)C)OC(=O)C(C)(C)C)ccc2Oc2ccc(C)cc2)cc1. The Morgan fingerprint density at radius 2 is 1.38 bits per heavy atom. The molecule has 0 aromatic heterocycles. The van der Waals surface area contributed by atoms with Gasteiger partial charge < -0.3 is 19.5 Å². The van der Waals surface area contributed by atoms with Gasteiger partial charge in [0.1, 0.15) is 30.0 Å². The third kappa shape index (κ3) is 8.94. The van der Waals surface area contributed by atoms with Gasteiger partial charge in [0.05, 0.1) is 5.41 Å². The average Bonchev–Trinajstić information content (AvgIpc) is 2.82. The lowest BCUT2D eigenvalue weighted by Crippen LogP contribution is -2.40. The second-order valence-corrected chi connectivity index (χ2v) is 11.7. The van der Waals surface area contributed by atoms with E-state index in [1.54, 1.807) is 0 Å². The van der Waals surface area contributed by atoms with Crippen LogP contribution in [0.15, 0.2) is 66.7 Å². The summed E-state index contributed by atoms with van der Waals surface area (Å²) >= 11 is 0. The number of carbonyl (C=O) groups is 1. The lowest BCUT2D eigenvalue weighted by molar-refractivity contribution is -0.159. The molecule has 0 bridgehead atoms. The summed E-state index contributed by atoms with van der Waals surface area (Å²) in [7, 11) is 0. The predicted octanol–water partition coefficient (Wildman–Crippen LogP) is 7.69. The number of ether oxygens (including phenoxy) is 3. The minimum Gasteiger partial charge on any atom is -0.489 e. The Morgan fingerprint density at radius 1 is 0.811 bits per heavy atom. The molecule has 1 atom stereocenters. The van der Waals surface area contributed by atoms with Crippen molar-refractivity contribution in [3.05, 3.63) is 89.0 Å². The summed E-state index contributed by atoms with van der Waals surface area (Å²) < 4.78 is 18.4. The van der Waals surface area contributed by atoms with Crippen molar-refractivity contribution in [1.29, 1.82) is 0 Å². The van der Waals surface area contributed by atoms with Crippen molar-refractivity contribution in [2.24, 2.45) is 5.41 Å². The van der Waals surface area contributed by atoms with Crippen molar-refractivity contribution < 1.29 is 19.0 Å². The van der Waals surface area contributed by atoms with E-state index in [1.807, 2.05) is 101 Å². The topological polar surface area (TPSA) is 56.8 Å². The number of aryl methyl sites for hydroxylation is 2. The number of hydrogen-bond acceptors (Lipinski definition) is 5. The summed E-state index contributed by atoms with van der Waals surface area (Å²) in [6, 6.07) is 21.8. The van der Waals surface area contributed by atoms with E-state index in [2.05, 4.69) is 26.1 Å². The Balaban J connectivity index is 1.94. The van der Waals surface area contributed by atoms with Crippen molar-refractivity contribution in [3.8, 4) is 17.2 Å². The van der Waals surface area contributed by atoms with Crippen LogP contribution >= 0.6 is 0 Å². The van der Waals surface area contributed by atoms with E-state index in [-0.39, 0.29) is 11.5 Å². The Kier molecular flexibility index (Phi) is 9.03. The Hall–Kier alpha value is -3.31. The third-order valence-electron chi connectivity index (χ3n) is 5.80. The first-order valence-corrected chi connectivity index (χ1v) is 12.8. The van der Waals surface area contributed by atoms with Gasteiger partial charge in [-0.05, 0) is 97.4 Å². The van der Waals surface area contributed by atoms with Gasteiger partial charge in [-0.2, -0.15) is 0 Å². The van der Waals surface area contributed by atoms with Crippen LogP contribution in [0.1, 0.15) is 69.9 Å². The van der Waals surface area contributed by atoms with Gasteiger partial charge in [-0.25, -0.2) is 0 Å². The van der Waals surface area contributed by atoms with Crippen LogP contribution in [0.4, 0.5) is 0 Å². The number of hydrogen-bond donors (Lipinski definition) is 1. The zero-order chi connectivity index (χ0) is 27.2. The van der Waals surface area contributed by atoms with Crippen molar-refractivity contribution in [1.82, 2.24) is 5.32 Å². The molecule has 5 heteroatoms. The molecule has 1 N–H and O–H groups in total. The highest BCUT2D eigenvalue weighted by Gasteiger charge is 2.28. The van der Waals surface area contributed by atoms with Gasteiger partial charge >= 0.3 is 5.97 Å². The number of carbonyl (C=O) groups excluding carboxylic acids is 1. The van der Waals surface area contributed by atoms with Crippen molar-refractivity contribution in [3.63, 3.8) is 0 Å². The van der Waals surface area contributed by atoms with Gasteiger partial charge in [0.2, 0.25) is 0 Å². The van der Waals surface area contributed by atoms with Crippen LogP contribution in [-0.4, -0.2) is 18.1 Å². The minimum atomic E-state index is -0.605. The molecule has 0 aliphatic rings. The molecule has 0 aliphatic carbocycles. The van der Waals surface area contributed by atoms with E-state index in [9.17, 15) is 4.79 Å². The van der Waals surface area contributed by atoms with Crippen LogP contribution in [0.3, 0.4) is 0 Å². The molecule has 198 valence electrons. The number of nitrogens with one attached hydrogen (secondary N) is 1. The molecule has 0 fully saturated rings. The standard InChI is InChI=1S/C32H41NO4/c1-22-9-14-26(15-10-22)35-21-25-19-24(13-18-28(25)36-27-16-11-23(2)12-17-27)29(20-33-32(6,7)8)37-30(34)31(3,4)5/h9-19,29,33H,20-21H2,1-8H3. The third-order valence-corrected chi connectivity index (χ3v) is 5.80. The average molecular weight is 504 g/mol. The van der Waals surface area contributed by atoms with E-state index in [1.165, 1.54) is 11.1 Å². The summed E-state index contributed by atoms with van der Waals surface area (Å²) in [6.07, 6.45) is -0.461. The van der Waals surface area contributed by atoms with E-state index in [0.717, 1.165) is 22.6 Å². The molecule has 0 radical (unpaired) electrons. The van der Waals surface area contributed by atoms with Crippen LogP contribution in [0.2, 0.25) is 0 Å². The second-order valence-electron chi connectivity index (χ2n) is 11.7. The highest BCUT2D eigenvalue weighted by Crippen LogP contribution is 2.32. The van der Waals surface area contributed by atoms with E-state index in [4.69, 9.17) is 14.2 Å². The van der Waals surface area contributed by atoms with E-state index < -0.39 is 11.5 Å². The molecule has 0 aliphatic heterocycles. The molecule has 3 aromatic carbocycles. The van der Waals surface area contributed by atoms with Gasteiger partial charge in [-0.3, -0.25) is 4.79 Å². The van der Waals surface area contributed by atoms with Crippen LogP contribution in [0.25, 0.3) is 0 Å². The lowest BCUT2D eigenvalue weighted by atomic mass is 9.97. The van der Waals surface area contributed by atoms with Crippen LogP contribution < -0.4 is 14.8 Å². The molecule has 0 saturated heterocycles.